The van der Waals surface area contributed by atoms with E-state index >= 15 is 0 Å². The molecule has 1 fully saturated rings. The number of hydrogen-bond donors (Lipinski definition) is 1. The van der Waals surface area contributed by atoms with Crippen molar-refractivity contribution < 1.29 is 22.3 Å². The molecular weight excluding hydrogens is 395 g/mol. The average molecular weight is 414 g/mol. The first-order valence-corrected chi connectivity index (χ1v) is 10.9. The van der Waals surface area contributed by atoms with Crippen LogP contribution >= 0.6 is 11.5 Å². The summed E-state index contributed by atoms with van der Waals surface area (Å²) in [5.41, 5.74) is 0. The van der Waals surface area contributed by atoms with Crippen LogP contribution < -0.4 is 10.1 Å². The molecule has 0 atom stereocenters. The largest absolute Gasteiger partial charge is 0.487 e. The Morgan fingerprint density at radius 1 is 1.37 bits per heavy atom. The monoisotopic (exact) mass is 414 g/mol. The van der Waals surface area contributed by atoms with Crippen molar-refractivity contribution in [3.05, 3.63) is 29.8 Å². The van der Waals surface area contributed by atoms with Crippen LogP contribution in [0, 0.1) is 12.7 Å². The number of halogens is 1. The highest BCUT2D eigenvalue weighted by atomic mass is 32.2. The van der Waals surface area contributed by atoms with Gasteiger partial charge < -0.3 is 9.64 Å². The molecule has 1 saturated heterocycles. The van der Waals surface area contributed by atoms with Gasteiger partial charge in [0.1, 0.15) is 11.9 Å². The number of likely N-dealkylation sites (tertiary alicyclic amines) is 1. The molecular formula is C16H19FN4O4S2. The van der Waals surface area contributed by atoms with Crippen molar-refractivity contribution in [2.45, 2.75) is 30.8 Å². The number of carbonyl (C=O) groups is 1. The molecule has 1 aromatic heterocycles. The predicted octanol–water partition coefficient (Wildman–Crippen LogP) is 2.46. The number of aryl methyl sites for hydroxylation is 1. The number of carbonyl (C=O) groups excluding carboxylic acids is 1. The summed E-state index contributed by atoms with van der Waals surface area (Å²) < 4.78 is 46.7. The number of nitrogens with zero attached hydrogens (tertiary/aromatic N) is 3. The fourth-order valence-electron chi connectivity index (χ4n) is 2.68. The predicted molar refractivity (Wildman–Crippen MR) is 98.4 cm³/mol. The number of rotatable bonds is 4. The lowest BCUT2D eigenvalue weighted by Gasteiger charge is -2.32. The van der Waals surface area contributed by atoms with Crippen LogP contribution in [0.5, 0.6) is 5.75 Å². The molecule has 8 nitrogen and oxygen atoms in total. The minimum Gasteiger partial charge on any atom is -0.487 e. The Labute approximate surface area is 160 Å². The van der Waals surface area contributed by atoms with Gasteiger partial charge in [-0.15, -0.1) is 0 Å². The van der Waals surface area contributed by atoms with E-state index in [0.29, 0.717) is 36.9 Å². The highest BCUT2D eigenvalue weighted by Crippen LogP contribution is 2.25. The molecule has 11 heteroatoms. The van der Waals surface area contributed by atoms with Crippen LogP contribution in [0.1, 0.15) is 18.7 Å². The minimum atomic E-state index is -3.47. The molecule has 1 aliphatic rings. The number of urea groups is 1. The normalized spacial score (nSPS) is 15.6. The van der Waals surface area contributed by atoms with Crippen LogP contribution in [0.25, 0.3) is 0 Å². The maximum absolute atomic E-state index is 14.1. The molecule has 0 unspecified atom stereocenters. The van der Waals surface area contributed by atoms with E-state index in [0.717, 1.165) is 23.9 Å². The van der Waals surface area contributed by atoms with E-state index in [4.69, 9.17) is 4.74 Å². The van der Waals surface area contributed by atoms with Crippen molar-refractivity contribution in [1.82, 2.24) is 14.3 Å². The van der Waals surface area contributed by atoms with Gasteiger partial charge >= 0.3 is 6.03 Å². The maximum atomic E-state index is 14.1. The zero-order valence-corrected chi connectivity index (χ0v) is 16.4. The lowest BCUT2D eigenvalue weighted by Crippen LogP contribution is -2.43. The first-order valence-electron chi connectivity index (χ1n) is 8.25. The van der Waals surface area contributed by atoms with E-state index in [1.165, 1.54) is 12.1 Å². The van der Waals surface area contributed by atoms with Crippen molar-refractivity contribution in [2.75, 3.05) is 24.7 Å². The highest BCUT2D eigenvalue weighted by molar-refractivity contribution is 7.90. The lowest BCUT2D eigenvalue weighted by molar-refractivity contribution is 0.112. The average Bonchev–Trinajstić information content (AvgIpc) is 3.01. The second-order valence-corrected chi connectivity index (χ2v) is 9.01. The van der Waals surface area contributed by atoms with E-state index in [9.17, 15) is 17.6 Å². The molecule has 2 amide bonds. The molecule has 0 aliphatic carbocycles. The number of aromatic nitrogens is 2. The molecule has 3 rings (SSSR count). The third-order valence-electron chi connectivity index (χ3n) is 4.10. The fraction of sp³-hybridized carbons (Fsp3) is 0.438. The van der Waals surface area contributed by atoms with Crippen LogP contribution in [-0.4, -0.2) is 54.2 Å². The second-order valence-electron chi connectivity index (χ2n) is 6.25. The van der Waals surface area contributed by atoms with Crippen molar-refractivity contribution >= 4 is 32.5 Å². The lowest BCUT2D eigenvalue weighted by atomic mass is 10.1. The number of piperidine rings is 1. The van der Waals surface area contributed by atoms with E-state index in [1.807, 2.05) is 0 Å². The quantitative estimate of drug-likeness (QED) is 0.825. The number of anilines is 1. The number of sulfone groups is 1. The third-order valence-corrected chi connectivity index (χ3v) is 5.93. The molecule has 0 radical (unpaired) electrons. The summed E-state index contributed by atoms with van der Waals surface area (Å²) in [6, 6.07) is 3.34. The van der Waals surface area contributed by atoms with Gasteiger partial charge in [0.05, 0.1) is 4.90 Å². The van der Waals surface area contributed by atoms with E-state index in [1.54, 1.807) is 11.8 Å². The van der Waals surface area contributed by atoms with E-state index in [2.05, 4.69) is 14.7 Å². The van der Waals surface area contributed by atoms with Gasteiger partial charge in [0, 0.05) is 43.7 Å². The van der Waals surface area contributed by atoms with Crippen LogP contribution in [0.4, 0.5) is 14.3 Å². The summed E-state index contributed by atoms with van der Waals surface area (Å²) in [4.78, 5) is 17.9. The smallest absolute Gasteiger partial charge is 0.323 e. The molecule has 146 valence electrons. The third kappa shape index (κ3) is 4.92. The molecule has 1 aliphatic heterocycles. The summed E-state index contributed by atoms with van der Waals surface area (Å²) in [6.07, 6.45) is 1.84. The molecule has 0 bridgehead atoms. The van der Waals surface area contributed by atoms with E-state index in [-0.39, 0.29) is 22.8 Å². The molecule has 0 saturated carbocycles. The Morgan fingerprint density at radius 2 is 2.07 bits per heavy atom. The summed E-state index contributed by atoms with van der Waals surface area (Å²) >= 11 is 1.12. The van der Waals surface area contributed by atoms with Crippen molar-refractivity contribution in [3.8, 4) is 5.75 Å². The van der Waals surface area contributed by atoms with Gasteiger partial charge in [-0.3, -0.25) is 5.32 Å². The molecule has 2 aromatic rings. The number of nitrogens with one attached hydrogen (secondary N) is 1. The Bertz CT molecular complexity index is 940. The topological polar surface area (TPSA) is 101 Å². The highest BCUT2D eigenvalue weighted by Gasteiger charge is 2.25. The fourth-order valence-corrected chi connectivity index (χ4v) is 3.88. The standard InChI is InChI=1S/C16H19FN4O4S2/c1-10-18-15(26-20-10)19-16(22)21-7-5-11(6-8-21)25-14-4-3-12(9-13(14)17)27(2,23)24/h3-4,9,11H,5-8H2,1-2H3,(H,18,19,20,22). The van der Waals surface area contributed by atoms with Gasteiger partial charge in [-0.05, 0) is 25.1 Å². The van der Waals surface area contributed by atoms with Crippen LogP contribution in [0.2, 0.25) is 0 Å². The van der Waals surface area contributed by atoms with Gasteiger partial charge in [0.25, 0.3) is 0 Å². The molecule has 1 aromatic carbocycles. The summed E-state index contributed by atoms with van der Waals surface area (Å²) in [5.74, 6) is -0.106. The first-order chi connectivity index (χ1) is 12.7. The number of amides is 2. The van der Waals surface area contributed by atoms with Crippen LogP contribution in [0.3, 0.4) is 0 Å². The Kier molecular flexibility index (Phi) is 5.61. The molecule has 0 spiro atoms. The summed E-state index contributed by atoms with van der Waals surface area (Å²) in [7, 11) is -3.47. The number of benzene rings is 1. The minimum absolute atomic E-state index is 0.00892. The van der Waals surface area contributed by atoms with Crippen molar-refractivity contribution in [3.63, 3.8) is 0 Å². The SMILES string of the molecule is Cc1nsc(NC(=O)N2CCC(Oc3ccc(S(C)(=O)=O)cc3F)CC2)n1. The Morgan fingerprint density at radius 3 is 2.63 bits per heavy atom. The Hall–Kier alpha value is -2.27. The van der Waals surface area contributed by atoms with Crippen molar-refractivity contribution in [1.29, 1.82) is 0 Å². The second kappa shape index (κ2) is 7.77. The van der Waals surface area contributed by atoms with Gasteiger partial charge in [-0.25, -0.2) is 22.6 Å². The van der Waals surface area contributed by atoms with Crippen LogP contribution in [0.15, 0.2) is 23.1 Å². The van der Waals surface area contributed by atoms with Gasteiger partial charge in [-0.2, -0.15) is 4.37 Å². The number of ether oxygens (including phenoxy) is 1. The van der Waals surface area contributed by atoms with Crippen LogP contribution in [-0.2, 0) is 9.84 Å². The first kappa shape index (κ1) is 19.5. The number of hydrogen-bond acceptors (Lipinski definition) is 7. The van der Waals surface area contributed by atoms with E-state index < -0.39 is 15.7 Å². The van der Waals surface area contributed by atoms with Gasteiger partial charge in [0.15, 0.2) is 21.4 Å². The van der Waals surface area contributed by atoms with Gasteiger partial charge in [0.2, 0.25) is 5.13 Å². The Balaban J connectivity index is 1.54. The van der Waals surface area contributed by atoms with Crippen molar-refractivity contribution in [2.24, 2.45) is 0 Å². The molecule has 27 heavy (non-hydrogen) atoms. The summed E-state index contributed by atoms with van der Waals surface area (Å²) in [6.45, 7) is 2.66. The van der Waals surface area contributed by atoms with Gasteiger partial charge in [-0.1, -0.05) is 0 Å². The maximum Gasteiger partial charge on any atom is 0.323 e. The zero-order valence-electron chi connectivity index (χ0n) is 14.8. The molecule has 1 N–H and O–H groups in total. The zero-order chi connectivity index (χ0) is 19.6. The molecule has 2 heterocycles. The summed E-state index contributed by atoms with van der Waals surface area (Å²) in [5, 5.41) is 3.15.